The molecule has 0 saturated heterocycles. The van der Waals surface area contributed by atoms with Crippen LogP contribution in [0.4, 0.5) is 5.69 Å². The molecule has 2 aromatic carbocycles. The monoisotopic (exact) mass is 499 g/mol. The molecule has 0 aliphatic carbocycles. The first-order valence-electron chi connectivity index (χ1n) is 11.9. The second-order valence-electron chi connectivity index (χ2n) is 8.26. The molecule has 1 aromatic heterocycles. The molecule has 3 aromatic rings. The number of nitrogens with zero attached hydrogens (tertiary/aromatic N) is 3. The van der Waals surface area contributed by atoms with Gasteiger partial charge in [0.1, 0.15) is 5.82 Å². The molecule has 0 atom stereocenters. The Hall–Kier alpha value is -3.08. The molecule has 188 valence electrons. The van der Waals surface area contributed by atoms with E-state index in [0.29, 0.717) is 48.6 Å². The molecule has 3 rings (SSSR count). The van der Waals surface area contributed by atoms with Crippen LogP contribution in [0.2, 0.25) is 0 Å². The molecule has 0 aliphatic heterocycles. The summed E-state index contributed by atoms with van der Waals surface area (Å²) in [6.45, 7) is 7.41. The van der Waals surface area contributed by atoms with Crippen molar-refractivity contribution in [1.82, 2.24) is 19.2 Å². The SMILES string of the molecule is CCCCN(CC(=O)Nc1cccc(S(=O)(=O)N(CC)CC)c1)Cc1nc2ccccc2c(=O)[nH]1. The van der Waals surface area contributed by atoms with Crippen LogP contribution in [-0.2, 0) is 21.4 Å². The third kappa shape index (κ3) is 6.74. The van der Waals surface area contributed by atoms with Crippen LogP contribution in [0.15, 0.2) is 58.2 Å². The Kier molecular flexibility index (Phi) is 9.13. The van der Waals surface area contributed by atoms with E-state index in [9.17, 15) is 18.0 Å². The van der Waals surface area contributed by atoms with Gasteiger partial charge in [-0.15, -0.1) is 0 Å². The van der Waals surface area contributed by atoms with Crippen molar-refractivity contribution in [3.63, 3.8) is 0 Å². The first-order chi connectivity index (χ1) is 16.8. The number of anilines is 1. The molecule has 0 spiro atoms. The maximum Gasteiger partial charge on any atom is 0.258 e. The van der Waals surface area contributed by atoms with Crippen LogP contribution >= 0.6 is 0 Å². The third-order valence-electron chi connectivity index (χ3n) is 5.69. The van der Waals surface area contributed by atoms with E-state index in [4.69, 9.17) is 0 Å². The quantitative estimate of drug-likeness (QED) is 0.395. The van der Waals surface area contributed by atoms with Crippen molar-refractivity contribution < 1.29 is 13.2 Å². The van der Waals surface area contributed by atoms with Crippen molar-refractivity contribution in [3.05, 3.63) is 64.7 Å². The van der Waals surface area contributed by atoms with E-state index in [1.54, 1.807) is 44.2 Å². The molecule has 1 amide bonds. The van der Waals surface area contributed by atoms with Gasteiger partial charge in [0, 0.05) is 18.8 Å². The molecule has 2 N–H and O–H groups in total. The van der Waals surface area contributed by atoms with Gasteiger partial charge in [-0.05, 0) is 43.3 Å². The van der Waals surface area contributed by atoms with Crippen LogP contribution in [0.5, 0.6) is 0 Å². The standard InChI is InChI=1S/C25H33N5O4S/c1-4-7-15-29(17-23-27-22-14-9-8-13-21(22)25(32)28-23)18-24(31)26-19-11-10-12-20(16-19)35(33,34)30(5-2)6-3/h8-14,16H,4-7,15,17-18H2,1-3H3,(H,26,31)(H,27,28,32). The van der Waals surface area contributed by atoms with E-state index in [1.165, 1.54) is 16.4 Å². The Morgan fingerprint density at radius 3 is 2.51 bits per heavy atom. The molecule has 0 radical (unpaired) electrons. The predicted molar refractivity (Wildman–Crippen MR) is 138 cm³/mol. The first kappa shape index (κ1) is 26.5. The summed E-state index contributed by atoms with van der Waals surface area (Å²) in [7, 11) is -3.63. The maximum absolute atomic E-state index is 12.9. The Labute approximate surface area is 206 Å². The summed E-state index contributed by atoms with van der Waals surface area (Å²) in [4.78, 5) is 34.7. The van der Waals surface area contributed by atoms with Gasteiger partial charge in [-0.1, -0.05) is 45.4 Å². The van der Waals surface area contributed by atoms with Crippen molar-refractivity contribution >= 4 is 32.5 Å². The van der Waals surface area contributed by atoms with E-state index in [2.05, 4.69) is 22.2 Å². The molecule has 0 bridgehead atoms. The summed E-state index contributed by atoms with van der Waals surface area (Å²) in [6.07, 6.45) is 1.83. The van der Waals surface area contributed by atoms with E-state index in [0.717, 1.165) is 12.8 Å². The average Bonchev–Trinajstić information content (AvgIpc) is 2.83. The maximum atomic E-state index is 12.9. The minimum Gasteiger partial charge on any atom is -0.325 e. The Morgan fingerprint density at radius 2 is 1.80 bits per heavy atom. The van der Waals surface area contributed by atoms with Crippen LogP contribution in [0, 0.1) is 0 Å². The zero-order valence-electron chi connectivity index (χ0n) is 20.5. The molecule has 0 fully saturated rings. The van der Waals surface area contributed by atoms with Gasteiger partial charge in [0.2, 0.25) is 15.9 Å². The molecule has 0 aliphatic rings. The summed E-state index contributed by atoms with van der Waals surface area (Å²) in [5, 5.41) is 3.33. The number of benzene rings is 2. The highest BCUT2D eigenvalue weighted by Crippen LogP contribution is 2.19. The number of sulfonamides is 1. The van der Waals surface area contributed by atoms with Gasteiger partial charge < -0.3 is 10.3 Å². The number of unbranched alkanes of at least 4 members (excludes halogenated alkanes) is 1. The minimum atomic E-state index is -3.63. The Bertz CT molecular complexity index is 1320. The number of carbonyl (C=O) groups is 1. The van der Waals surface area contributed by atoms with Crippen molar-refractivity contribution in [3.8, 4) is 0 Å². The fraction of sp³-hybridized carbons (Fsp3) is 0.400. The number of aromatic amines is 1. The summed E-state index contributed by atoms with van der Waals surface area (Å²) in [6, 6.07) is 13.4. The summed E-state index contributed by atoms with van der Waals surface area (Å²) in [5.74, 6) is 0.214. The van der Waals surface area contributed by atoms with Crippen LogP contribution in [0.25, 0.3) is 10.9 Å². The zero-order chi connectivity index (χ0) is 25.4. The average molecular weight is 500 g/mol. The summed E-state index contributed by atoms with van der Waals surface area (Å²) >= 11 is 0. The molecule has 9 nitrogen and oxygen atoms in total. The fourth-order valence-electron chi connectivity index (χ4n) is 3.87. The highest BCUT2D eigenvalue weighted by molar-refractivity contribution is 7.89. The van der Waals surface area contributed by atoms with Crippen LogP contribution in [0.3, 0.4) is 0 Å². The normalized spacial score (nSPS) is 11.9. The fourth-order valence-corrected chi connectivity index (χ4v) is 5.37. The van der Waals surface area contributed by atoms with Crippen molar-refractivity contribution in [2.45, 2.75) is 45.1 Å². The van der Waals surface area contributed by atoms with E-state index < -0.39 is 10.0 Å². The second-order valence-corrected chi connectivity index (χ2v) is 10.2. The lowest BCUT2D eigenvalue weighted by Gasteiger charge is -2.21. The largest absolute Gasteiger partial charge is 0.325 e. The van der Waals surface area contributed by atoms with Crippen molar-refractivity contribution in [2.24, 2.45) is 0 Å². The molecule has 0 unspecified atom stereocenters. The van der Waals surface area contributed by atoms with Crippen LogP contribution in [0.1, 0.15) is 39.4 Å². The van der Waals surface area contributed by atoms with E-state index >= 15 is 0 Å². The third-order valence-corrected chi connectivity index (χ3v) is 7.74. The van der Waals surface area contributed by atoms with E-state index in [-0.39, 0.29) is 22.9 Å². The lowest BCUT2D eigenvalue weighted by atomic mass is 10.2. The summed E-state index contributed by atoms with van der Waals surface area (Å²) in [5.41, 5.74) is 0.810. The highest BCUT2D eigenvalue weighted by atomic mass is 32.2. The number of fused-ring (bicyclic) bond motifs is 1. The summed E-state index contributed by atoms with van der Waals surface area (Å²) < 4.78 is 27.0. The Balaban J connectivity index is 1.74. The van der Waals surface area contributed by atoms with Gasteiger partial charge in [-0.25, -0.2) is 13.4 Å². The van der Waals surface area contributed by atoms with Gasteiger partial charge in [0.15, 0.2) is 0 Å². The number of amides is 1. The number of aromatic nitrogens is 2. The number of hydrogen-bond donors (Lipinski definition) is 2. The molecule has 0 saturated carbocycles. The van der Waals surface area contributed by atoms with Crippen molar-refractivity contribution in [1.29, 1.82) is 0 Å². The van der Waals surface area contributed by atoms with Gasteiger partial charge in [-0.3, -0.25) is 14.5 Å². The zero-order valence-corrected chi connectivity index (χ0v) is 21.3. The van der Waals surface area contributed by atoms with Crippen LogP contribution in [-0.4, -0.2) is 59.7 Å². The second kappa shape index (κ2) is 12.1. The number of hydrogen-bond acceptors (Lipinski definition) is 6. The highest BCUT2D eigenvalue weighted by Gasteiger charge is 2.22. The Morgan fingerprint density at radius 1 is 1.06 bits per heavy atom. The molecular formula is C25H33N5O4S. The molecule has 10 heteroatoms. The van der Waals surface area contributed by atoms with Gasteiger partial charge in [-0.2, -0.15) is 4.31 Å². The minimum absolute atomic E-state index is 0.0730. The van der Waals surface area contributed by atoms with Gasteiger partial charge in [0.05, 0.1) is 28.9 Å². The van der Waals surface area contributed by atoms with Crippen LogP contribution < -0.4 is 10.9 Å². The lowest BCUT2D eigenvalue weighted by molar-refractivity contribution is -0.117. The number of nitrogens with one attached hydrogen (secondary N) is 2. The number of para-hydroxylation sites is 1. The predicted octanol–water partition coefficient (Wildman–Crippen LogP) is 3.19. The first-order valence-corrected chi connectivity index (χ1v) is 13.3. The van der Waals surface area contributed by atoms with Crippen molar-refractivity contribution in [2.75, 3.05) is 31.5 Å². The molecule has 35 heavy (non-hydrogen) atoms. The molecule has 1 heterocycles. The van der Waals surface area contributed by atoms with Gasteiger partial charge in [0.25, 0.3) is 5.56 Å². The number of carbonyl (C=O) groups excluding carboxylic acids is 1. The smallest absolute Gasteiger partial charge is 0.258 e. The van der Waals surface area contributed by atoms with E-state index in [1.807, 2.05) is 11.0 Å². The number of rotatable bonds is 12. The number of H-pyrrole nitrogens is 1. The topological polar surface area (TPSA) is 115 Å². The lowest BCUT2D eigenvalue weighted by Crippen LogP contribution is -2.35. The molecular weight excluding hydrogens is 466 g/mol. The van der Waals surface area contributed by atoms with Gasteiger partial charge >= 0.3 is 0 Å².